The van der Waals surface area contributed by atoms with E-state index in [1.807, 2.05) is 0 Å². The van der Waals surface area contributed by atoms with Crippen LogP contribution in [0.3, 0.4) is 0 Å². The van der Waals surface area contributed by atoms with Crippen molar-refractivity contribution in [2.24, 2.45) is 5.73 Å². The molecule has 0 amide bonds. The monoisotopic (exact) mass is 311 g/mol. The van der Waals surface area contributed by atoms with E-state index in [1.165, 1.54) is 24.0 Å². The molecule has 1 heterocycles. The predicted molar refractivity (Wildman–Crippen MR) is 74.2 cm³/mol. The highest BCUT2D eigenvalue weighted by molar-refractivity contribution is 9.10. The van der Waals surface area contributed by atoms with Gasteiger partial charge in [0.15, 0.2) is 11.5 Å². The highest BCUT2D eigenvalue weighted by Crippen LogP contribution is 2.48. The first-order valence-corrected chi connectivity index (χ1v) is 7.29. The van der Waals surface area contributed by atoms with Crippen LogP contribution in [0, 0.1) is 6.92 Å². The van der Waals surface area contributed by atoms with Gasteiger partial charge < -0.3 is 15.2 Å². The highest BCUT2D eigenvalue weighted by atomic mass is 79.9. The van der Waals surface area contributed by atoms with Gasteiger partial charge in [0.25, 0.3) is 0 Å². The first-order chi connectivity index (χ1) is 8.62. The second kappa shape index (κ2) is 4.42. The summed E-state index contributed by atoms with van der Waals surface area (Å²) in [7, 11) is 0. The minimum absolute atomic E-state index is 0.210. The van der Waals surface area contributed by atoms with E-state index in [4.69, 9.17) is 15.2 Å². The first kappa shape index (κ1) is 12.3. The van der Waals surface area contributed by atoms with Crippen molar-refractivity contribution in [3.63, 3.8) is 0 Å². The van der Waals surface area contributed by atoms with Crippen LogP contribution >= 0.6 is 15.9 Å². The van der Waals surface area contributed by atoms with Crippen molar-refractivity contribution < 1.29 is 9.47 Å². The van der Waals surface area contributed by atoms with Crippen LogP contribution in [0.25, 0.3) is 0 Å². The minimum atomic E-state index is -0.210. The van der Waals surface area contributed by atoms with E-state index < -0.39 is 0 Å². The van der Waals surface area contributed by atoms with Crippen molar-refractivity contribution in [2.45, 2.75) is 38.1 Å². The van der Waals surface area contributed by atoms with Gasteiger partial charge in [-0.25, -0.2) is 0 Å². The molecular weight excluding hydrogens is 294 g/mol. The zero-order valence-electron chi connectivity index (χ0n) is 10.6. The molecule has 4 heteroatoms. The average Bonchev–Trinajstić information content (AvgIpc) is 2.77. The van der Waals surface area contributed by atoms with Crippen LogP contribution in [-0.2, 0) is 5.54 Å². The van der Waals surface area contributed by atoms with E-state index >= 15 is 0 Å². The summed E-state index contributed by atoms with van der Waals surface area (Å²) in [5.74, 6) is 1.65. The van der Waals surface area contributed by atoms with Crippen molar-refractivity contribution in [1.29, 1.82) is 0 Å². The van der Waals surface area contributed by atoms with Gasteiger partial charge in [-0.1, -0.05) is 12.8 Å². The standard InChI is InChI=1S/C14H18BrNO2/c1-9-8-10-13(18-7-6-17-10)12(15)11(9)14(16)4-2-3-5-14/h8H,2-7,16H2,1H3. The molecule has 0 unspecified atom stereocenters. The molecular formula is C14H18BrNO2. The molecule has 0 saturated heterocycles. The third-order valence-corrected chi connectivity index (χ3v) is 4.72. The number of hydrogen-bond acceptors (Lipinski definition) is 3. The molecule has 1 aromatic carbocycles. The average molecular weight is 312 g/mol. The van der Waals surface area contributed by atoms with Crippen molar-refractivity contribution in [3.05, 3.63) is 21.7 Å². The molecule has 1 aromatic rings. The number of rotatable bonds is 1. The van der Waals surface area contributed by atoms with Crippen LogP contribution in [-0.4, -0.2) is 13.2 Å². The van der Waals surface area contributed by atoms with Crippen molar-refractivity contribution in [3.8, 4) is 11.5 Å². The Hall–Kier alpha value is -0.740. The summed E-state index contributed by atoms with van der Waals surface area (Å²) in [4.78, 5) is 0. The summed E-state index contributed by atoms with van der Waals surface area (Å²) in [6.45, 7) is 3.32. The fourth-order valence-corrected chi connectivity index (χ4v) is 4.15. The maximum absolute atomic E-state index is 6.59. The Balaban J connectivity index is 2.14. The molecule has 0 spiro atoms. The minimum Gasteiger partial charge on any atom is -0.486 e. The van der Waals surface area contributed by atoms with Gasteiger partial charge in [0.05, 0.1) is 4.47 Å². The molecule has 0 aromatic heterocycles. The molecule has 0 bridgehead atoms. The lowest BCUT2D eigenvalue weighted by atomic mass is 9.86. The molecule has 18 heavy (non-hydrogen) atoms. The smallest absolute Gasteiger partial charge is 0.175 e. The molecule has 3 nitrogen and oxygen atoms in total. The van der Waals surface area contributed by atoms with Gasteiger partial charge in [-0.3, -0.25) is 0 Å². The molecule has 1 fully saturated rings. The van der Waals surface area contributed by atoms with Gasteiger partial charge in [-0.2, -0.15) is 0 Å². The largest absolute Gasteiger partial charge is 0.486 e. The number of aryl methyl sites for hydroxylation is 1. The molecule has 2 aliphatic rings. The lowest BCUT2D eigenvalue weighted by Gasteiger charge is -2.30. The van der Waals surface area contributed by atoms with E-state index in [-0.39, 0.29) is 5.54 Å². The second-order valence-corrected chi connectivity index (χ2v) is 6.06. The summed E-state index contributed by atoms with van der Waals surface area (Å²) >= 11 is 3.68. The summed E-state index contributed by atoms with van der Waals surface area (Å²) in [5, 5.41) is 0. The quantitative estimate of drug-likeness (QED) is 0.866. The van der Waals surface area contributed by atoms with E-state index in [2.05, 4.69) is 28.9 Å². The number of fused-ring (bicyclic) bond motifs is 1. The lowest BCUT2D eigenvalue weighted by Crippen LogP contribution is -2.34. The number of benzene rings is 1. The zero-order chi connectivity index (χ0) is 12.8. The molecule has 3 rings (SSSR count). The molecule has 2 N–H and O–H groups in total. The normalized spacial score (nSPS) is 21.1. The maximum Gasteiger partial charge on any atom is 0.175 e. The van der Waals surface area contributed by atoms with Crippen LogP contribution < -0.4 is 15.2 Å². The number of halogens is 1. The number of hydrogen-bond donors (Lipinski definition) is 1. The summed E-state index contributed by atoms with van der Waals surface area (Å²) < 4.78 is 12.4. The van der Waals surface area contributed by atoms with Gasteiger partial charge >= 0.3 is 0 Å². The summed E-state index contributed by atoms with van der Waals surface area (Å²) in [6, 6.07) is 2.06. The molecule has 1 aliphatic carbocycles. The third-order valence-electron chi connectivity index (χ3n) is 3.97. The number of ether oxygens (including phenoxy) is 2. The van der Waals surface area contributed by atoms with E-state index in [1.54, 1.807) is 0 Å². The second-order valence-electron chi connectivity index (χ2n) is 5.27. The Morgan fingerprint density at radius 1 is 1.22 bits per heavy atom. The first-order valence-electron chi connectivity index (χ1n) is 6.50. The topological polar surface area (TPSA) is 44.5 Å². The van der Waals surface area contributed by atoms with Gasteiger partial charge in [-0.15, -0.1) is 0 Å². The molecule has 1 aliphatic heterocycles. The Labute approximate surface area is 116 Å². The Kier molecular flexibility index (Phi) is 3.02. The van der Waals surface area contributed by atoms with Crippen LogP contribution in [0.2, 0.25) is 0 Å². The van der Waals surface area contributed by atoms with Crippen molar-refractivity contribution in [2.75, 3.05) is 13.2 Å². The van der Waals surface area contributed by atoms with Crippen molar-refractivity contribution in [1.82, 2.24) is 0 Å². The van der Waals surface area contributed by atoms with E-state index in [0.29, 0.717) is 13.2 Å². The van der Waals surface area contributed by atoms with Gasteiger partial charge in [0, 0.05) is 5.54 Å². The predicted octanol–water partition coefficient (Wildman–Crippen LogP) is 3.26. The maximum atomic E-state index is 6.59. The fourth-order valence-electron chi connectivity index (χ4n) is 3.13. The van der Waals surface area contributed by atoms with Crippen molar-refractivity contribution >= 4 is 15.9 Å². The Morgan fingerprint density at radius 2 is 1.89 bits per heavy atom. The lowest BCUT2D eigenvalue weighted by molar-refractivity contribution is 0.169. The fraction of sp³-hybridized carbons (Fsp3) is 0.571. The van der Waals surface area contributed by atoms with Crippen LogP contribution in [0.4, 0.5) is 0 Å². The Bertz CT molecular complexity index is 481. The molecule has 0 atom stereocenters. The molecule has 0 radical (unpaired) electrons. The zero-order valence-corrected chi connectivity index (χ0v) is 12.2. The van der Waals surface area contributed by atoms with Crippen LogP contribution in [0.1, 0.15) is 36.8 Å². The Morgan fingerprint density at radius 3 is 2.61 bits per heavy atom. The van der Waals surface area contributed by atoms with E-state index in [9.17, 15) is 0 Å². The van der Waals surface area contributed by atoms with Gasteiger partial charge in [0.2, 0.25) is 0 Å². The molecule has 1 saturated carbocycles. The number of nitrogens with two attached hydrogens (primary N) is 1. The third kappa shape index (κ3) is 1.82. The van der Waals surface area contributed by atoms with Crippen LogP contribution in [0.15, 0.2) is 10.5 Å². The SMILES string of the molecule is Cc1cc2c(c(Br)c1C1(N)CCCC1)OCCO2. The molecule has 98 valence electrons. The highest BCUT2D eigenvalue weighted by Gasteiger charge is 2.36. The van der Waals surface area contributed by atoms with E-state index in [0.717, 1.165) is 28.8 Å². The van der Waals surface area contributed by atoms with Gasteiger partial charge in [0.1, 0.15) is 13.2 Å². The summed E-state index contributed by atoms with van der Waals surface area (Å²) in [5.41, 5.74) is 8.77. The van der Waals surface area contributed by atoms with Gasteiger partial charge in [-0.05, 0) is 52.9 Å². The summed E-state index contributed by atoms with van der Waals surface area (Å²) in [6.07, 6.45) is 4.51. The van der Waals surface area contributed by atoms with Crippen LogP contribution in [0.5, 0.6) is 11.5 Å².